The fourth-order valence-electron chi connectivity index (χ4n) is 7.90. The molecule has 8 N–H and O–H groups in total. The second-order valence-corrected chi connectivity index (χ2v) is 15.3. The number of carbonyl (C=O) groups is 4. The van der Waals surface area contributed by atoms with Crippen LogP contribution in [0.15, 0.2) is 80.1 Å². The molecule has 0 aliphatic carbocycles. The molecule has 0 saturated heterocycles. The van der Waals surface area contributed by atoms with E-state index in [4.69, 9.17) is 11.5 Å². The minimum absolute atomic E-state index is 0.00221. The molecule has 2 aliphatic heterocycles. The molecular weight excluding hydrogens is 861 g/mol. The van der Waals surface area contributed by atoms with E-state index in [0.717, 1.165) is 37.9 Å². The average Bonchev–Trinajstić information content (AvgIpc) is 4.02. The molecule has 10 rings (SSSR count). The number of carbonyl (C=O) groups excluding carboxylic acids is 2. The topological polar surface area (TPSA) is 346 Å². The lowest BCUT2D eigenvalue weighted by atomic mass is 9.96. The first-order valence-corrected chi connectivity index (χ1v) is 20.0. The van der Waals surface area contributed by atoms with Gasteiger partial charge < -0.3 is 42.1 Å². The van der Waals surface area contributed by atoms with Crippen LogP contribution < -0.4 is 53.6 Å². The number of nitrogens with two attached hydrogens (primary N) is 2. The van der Waals surface area contributed by atoms with Crippen LogP contribution in [-0.4, -0.2) is 86.2 Å². The Hall–Kier alpha value is -9.22. The summed E-state index contributed by atoms with van der Waals surface area (Å²) in [7, 11) is 0. The molecule has 8 aromatic rings. The van der Waals surface area contributed by atoms with E-state index in [9.17, 15) is 48.6 Å². The van der Waals surface area contributed by atoms with E-state index in [1.54, 1.807) is 9.80 Å². The van der Waals surface area contributed by atoms with Gasteiger partial charge in [-0.1, -0.05) is 36.4 Å². The molecule has 0 radical (unpaired) electrons. The third-order valence-electron chi connectivity index (χ3n) is 11.2. The molecule has 2 aliphatic rings. The van der Waals surface area contributed by atoms with E-state index in [0.29, 0.717) is 39.0 Å². The quantitative estimate of drug-likeness (QED) is 0.0895. The van der Waals surface area contributed by atoms with Gasteiger partial charge in [-0.05, 0) is 46.2 Å². The van der Waals surface area contributed by atoms with Crippen LogP contribution in [0.25, 0.3) is 11.3 Å². The molecule has 24 nitrogen and oxygen atoms in total. The number of nitrogen functional groups attached to an aromatic ring is 2. The fourth-order valence-corrected chi connectivity index (χ4v) is 7.90. The van der Waals surface area contributed by atoms with Crippen LogP contribution in [0.4, 0.5) is 22.7 Å². The van der Waals surface area contributed by atoms with Gasteiger partial charge in [0.25, 0.3) is 33.5 Å². The maximum atomic E-state index is 12.7. The molecule has 0 fully saturated rings. The van der Waals surface area contributed by atoms with Crippen LogP contribution in [0.3, 0.4) is 0 Å². The van der Waals surface area contributed by atoms with Gasteiger partial charge in [0.1, 0.15) is 22.7 Å². The van der Waals surface area contributed by atoms with Crippen molar-refractivity contribution in [3.05, 3.63) is 158 Å². The van der Waals surface area contributed by atoms with Gasteiger partial charge in [-0.2, -0.15) is 29.2 Å². The van der Waals surface area contributed by atoms with Crippen molar-refractivity contribution in [3.8, 4) is 0 Å². The molecule has 24 heteroatoms. The monoisotopic (exact) mass is 894 g/mol. The van der Waals surface area contributed by atoms with Crippen molar-refractivity contribution in [2.75, 3.05) is 34.4 Å². The molecule has 0 bridgehead atoms. The Morgan fingerprint density at radius 1 is 0.561 bits per heavy atom. The molecule has 0 atom stereocenters. The van der Waals surface area contributed by atoms with Gasteiger partial charge in [0.15, 0.2) is 11.3 Å². The van der Waals surface area contributed by atoms with Crippen molar-refractivity contribution in [2.24, 2.45) is 0 Å². The van der Waals surface area contributed by atoms with E-state index >= 15 is 0 Å². The number of aromatic carboxylic acids is 2. The number of nitrogens with zero attached hydrogens (tertiary/aromatic N) is 10. The summed E-state index contributed by atoms with van der Waals surface area (Å²) in [5.41, 5.74) is 15.7. The summed E-state index contributed by atoms with van der Waals surface area (Å²) in [5.74, 6) is -5.30. The van der Waals surface area contributed by atoms with Gasteiger partial charge >= 0.3 is 11.9 Å². The van der Waals surface area contributed by atoms with Crippen LogP contribution in [0, 0.1) is 0 Å². The number of rotatable bonds is 10. The zero-order valence-electron chi connectivity index (χ0n) is 34.2. The van der Waals surface area contributed by atoms with Crippen molar-refractivity contribution >= 4 is 57.8 Å². The van der Waals surface area contributed by atoms with Crippen LogP contribution in [0.2, 0.25) is 0 Å². The van der Waals surface area contributed by atoms with Crippen molar-refractivity contribution in [1.29, 1.82) is 0 Å². The first kappa shape index (κ1) is 42.1. The maximum absolute atomic E-state index is 12.7. The Balaban J connectivity index is 0.000000166. The van der Waals surface area contributed by atoms with Crippen molar-refractivity contribution < 1.29 is 29.4 Å². The van der Waals surface area contributed by atoms with Crippen LogP contribution >= 0.6 is 0 Å². The molecule has 0 saturated carbocycles. The number of anilines is 4. The number of carboxylic acid groups (broad SMARTS) is 2. The number of aromatic nitrogens is 8. The van der Waals surface area contributed by atoms with E-state index in [-0.39, 0.29) is 58.8 Å². The van der Waals surface area contributed by atoms with Gasteiger partial charge in [0, 0.05) is 51.4 Å². The number of fused-ring (bicyclic) bond motifs is 4. The Morgan fingerprint density at radius 3 is 1.52 bits per heavy atom. The van der Waals surface area contributed by atoms with Crippen molar-refractivity contribution in [2.45, 2.75) is 39.0 Å². The first-order valence-electron chi connectivity index (χ1n) is 20.0. The highest BCUT2D eigenvalue weighted by atomic mass is 16.4. The highest BCUT2D eigenvalue weighted by molar-refractivity contribution is 5.93. The van der Waals surface area contributed by atoms with E-state index < -0.39 is 57.1 Å². The summed E-state index contributed by atoms with van der Waals surface area (Å²) in [4.78, 5) is 114. The normalized spacial score (nSPS) is 13.3. The average molecular weight is 895 g/mol. The zero-order chi connectivity index (χ0) is 46.6. The van der Waals surface area contributed by atoms with Crippen LogP contribution in [0.1, 0.15) is 75.9 Å². The summed E-state index contributed by atoms with van der Waals surface area (Å²) >= 11 is 0. The third-order valence-corrected chi connectivity index (χ3v) is 11.2. The predicted molar refractivity (Wildman–Crippen MR) is 232 cm³/mol. The number of amides is 2. The number of hydrogen-bond acceptors (Lipinski definition) is 18. The van der Waals surface area contributed by atoms with Gasteiger partial charge in [-0.3, -0.25) is 28.8 Å². The van der Waals surface area contributed by atoms with Crippen molar-refractivity contribution in [3.63, 3.8) is 0 Å². The van der Waals surface area contributed by atoms with Gasteiger partial charge in [-0.25, -0.2) is 19.6 Å². The number of benzene rings is 2. The number of nitrogens with one attached hydrogen (secondary N) is 2. The molecule has 0 unspecified atom stereocenters. The zero-order valence-corrected chi connectivity index (χ0v) is 34.2. The van der Waals surface area contributed by atoms with Crippen LogP contribution in [0.5, 0.6) is 0 Å². The summed E-state index contributed by atoms with van der Waals surface area (Å²) in [6, 6.07) is 14.4. The molecular formula is C42H34N14O10. The summed E-state index contributed by atoms with van der Waals surface area (Å²) in [6.07, 6.45) is 4.14. The Kier molecular flexibility index (Phi) is 10.5. The SMILES string of the molecule is Nc1c(N2CCc3ccc(CNC(=O)c4nc(C(=O)O)n5nccc5n4)cc3C2)c(=O)c1=O.Nc1c(N2CCc3ccc(CNC(=O)c4nc(C(=O)O)nc5ccnn45)cc3C2)c(=O)c1=O. The number of carboxylic acids is 2. The van der Waals surface area contributed by atoms with E-state index in [1.807, 2.05) is 36.4 Å². The highest BCUT2D eigenvalue weighted by Crippen LogP contribution is 2.28. The molecule has 332 valence electrons. The van der Waals surface area contributed by atoms with Crippen molar-refractivity contribution in [1.82, 2.24) is 49.8 Å². The second kappa shape index (κ2) is 16.5. The molecule has 4 aromatic heterocycles. The lowest BCUT2D eigenvalue weighted by Gasteiger charge is -2.32. The highest BCUT2D eigenvalue weighted by Gasteiger charge is 2.29. The third kappa shape index (κ3) is 7.56. The predicted octanol–water partition coefficient (Wildman–Crippen LogP) is -1.01. The summed E-state index contributed by atoms with van der Waals surface area (Å²) in [6.45, 7) is 2.33. The van der Waals surface area contributed by atoms with E-state index in [2.05, 4.69) is 40.8 Å². The fraction of sp³-hybridized carbons (Fsp3) is 0.190. The minimum Gasteiger partial charge on any atom is -0.475 e. The molecule has 6 heterocycles. The molecule has 2 amide bonds. The first-order chi connectivity index (χ1) is 31.7. The molecule has 0 spiro atoms. The Labute approximate surface area is 368 Å². The maximum Gasteiger partial charge on any atom is 0.374 e. The Bertz CT molecular complexity index is 3490. The standard InChI is InChI=1S/2C21H17N7O5/c22-14-15(17(30)16(14)29)27-6-4-11-2-1-10(7-12(11)9-27)8-23-20(31)19-26-18(21(32)33)25-13-3-5-24-28(13)19;22-14-15(17(30)16(14)29)27-6-4-11-2-1-10(7-12(11)9-27)8-23-20(31)18-25-13-3-5-24-28(13)19(26-18)21(32)33/h2*1-3,5,7H,4,6,8-9,22H2,(H,23,31)(H,32,33). The smallest absolute Gasteiger partial charge is 0.374 e. The van der Waals surface area contributed by atoms with Gasteiger partial charge in [-0.15, -0.1) is 0 Å². The minimum atomic E-state index is -1.35. The lowest BCUT2D eigenvalue weighted by Crippen LogP contribution is -2.44. The van der Waals surface area contributed by atoms with Crippen LogP contribution in [-0.2, 0) is 39.0 Å². The lowest BCUT2D eigenvalue weighted by molar-refractivity contribution is 0.0670. The number of hydrogen-bond donors (Lipinski definition) is 6. The summed E-state index contributed by atoms with van der Waals surface area (Å²) < 4.78 is 2.21. The largest absolute Gasteiger partial charge is 0.475 e. The van der Waals surface area contributed by atoms with Gasteiger partial charge in [0.2, 0.25) is 23.3 Å². The molecule has 66 heavy (non-hydrogen) atoms. The summed E-state index contributed by atoms with van der Waals surface area (Å²) in [5, 5.41) is 31.7. The second-order valence-electron chi connectivity index (χ2n) is 15.3. The molecule has 4 aromatic carbocycles. The van der Waals surface area contributed by atoms with E-state index in [1.165, 1.54) is 29.0 Å². The Morgan fingerprint density at radius 2 is 1.03 bits per heavy atom. The van der Waals surface area contributed by atoms with Gasteiger partial charge in [0.05, 0.1) is 12.4 Å².